The van der Waals surface area contributed by atoms with Gasteiger partial charge in [0.25, 0.3) is 5.56 Å². The number of thiophene rings is 1. The minimum Gasteiger partial charge on any atom is -0.462 e. The first-order chi connectivity index (χ1) is 13.1. The lowest BCUT2D eigenvalue weighted by Crippen LogP contribution is -2.21. The van der Waals surface area contributed by atoms with E-state index in [1.54, 1.807) is 30.2 Å². The summed E-state index contributed by atoms with van der Waals surface area (Å²) in [5.74, 6) is 0.486. The summed E-state index contributed by atoms with van der Waals surface area (Å²) < 4.78 is 6.78. The molecule has 0 saturated heterocycles. The number of carbonyl (C=O) groups excluding carboxylic acids is 1. The van der Waals surface area contributed by atoms with Crippen LogP contribution in [0.4, 0.5) is 0 Å². The number of para-hydroxylation sites is 1. The first kappa shape index (κ1) is 19.6. The standard InChI is InChI=1S/C20H22N2O3S2/c1-4-6-12-26-20-21-17-15(13(3)16(27-17)19(24)25-5-2)18(23)22(20)14-10-8-7-9-11-14/h7-11H,4-6,12H2,1-3H3. The molecule has 2 heterocycles. The van der Waals surface area contributed by atoms with E-state index in [1.807, 2.05) is 30.3 Å². The molecule has 0 fully saturated rings. The van der Waals surface area contributed by atoms with Crippen LogP contribution in [0.15, 0.2) is 40.3 Å². The molecule has 1 aromatic carbocycles. The van der Waals surface area contributed by atoms with Crippen LogP contribution < -0.4 is 5.56 Å². The van der Waals surface area contributed by atoms with E-state index in [0.29, 0.717) is 32.4 Å². The van der Waals surface area contributed by atoms with Gasteiger partial charge in [0.15, 0.2) is 5.16 Å². The van der Waals surface area contributed by atoms with Crippen molar-refractivity contribution in [1.82, 2.24) is 9.55 Å². The zero-order valence-corrected chi connectivity index (χ0v) is 17.3. The van der Waals surface area contributed by atoms with Gasteiger partial charge in [-0.2, -0.15) is 0 Å². The van der Waals surface area contributed by atoms with Crippen molar-refractivity contribution in [2.24, 2.45) is 0 Å². The summed E-state index contributed by atoms with van der Waals surface area (Å²) in [6.07, 6.45) is 2.13. The van der Waals surface area contributed by atoms with Crippen LogP contribution in [0.2, 0.25) is 0 Å². The molecule has 0 amide bonds. The smallest absolute Gasteiger partial charge is 0.348 e. The third kappa shape index (κ3) is 3.94. The second-order valence-electron chi connectivity index (χ2n) is 6.03. The highest BCUT2D eigenvalue weighted by molar-refractivity contribution is 7.99. The third-order valence-electron chi connectivity index (χ3n) is 4.14. The quantitative estimate of drug-likeness (QED) is 0.245. The number of hydrogen-bond donors (Lipinski definition) is 0. The van der Waals surface area contributed by atoms with E-state index >= 15 is 0 Å². The van der Waals surface area contributed by atoms with Crippen LogP contribution in [0.3, 0.4) is 0 Å². The van der Waals surface area contributed by atoms with E-state index in [2.05, 4.69) is 6.92 Å². The van der Waals surface area contributed by atoms with Gasteiger partial charge >= 0.3 is 5.97 Å². The molecular formula is C20H22N2O3S2. The molecule has 2 aromatic heterocycles. The third-order valence-corrected chi connectivity index (χ3v) is 6.33. The highest BCUT2D eigenvalue weighted by atomic mass is 32.2. The Morgan fingerprint density at radius 1 is 1.26 bits per heavy atom. The van der Waals surface area contributed by atoms with Gasteiger partial charge in [0.1, 0.15) is 9.71 Å². The normalized spacial score (nSPS) is 11.1. The van der Waals surface area contributed by atoms with Crippen molar-refractivity contribution < 1.29 is 9.53 Å². The molecule has 7 heteroatoms. The van der Waals surface area contributed by atoms with Crippen molar-refractivity contribution in [2.75, 3.05) is 12.4 Å². The SMILES string of the molecule is CCCCSc1nc2sc(C(=O)OCC)c(C)c2c(=O)n1-c1ccccc1. The van der Waals surface area contributed by atoms with Crippen LogP contribution in [0, 0.1) is 6.92 Å². The van der Waals surface area contributed by atoms with Gasteiger partial charge in [-0.3, -0.25) is 9.36 Å². The van der Waals surface area contributed by atoms with Crippen molar-refractivity contribution in [2.45, 2.75) is 38.8 Å². The number of aryl methyl sites for hydroxylation is 1. The van der Waals surface area contributed by atoms with E-state index in [1.165, 1.54) is 11.3 Å². The summed E-state index contributed by atoms with van der Waals surface area (Å²) in [7, 11) is 0. The average molecular weight is 403 g/mol. The summed E-state index contributed by atoms with van der Waals surface area (Å²) in [6, 6.07) is 9.51. The van der Waals surface area contributed by atoms with E-state index in [4.69, 9.17) is 9.72 Å². The van der Waals surface area contributed by atoms with E-state index in [0.717, 1.165) is 24.3 Å². The molecule has 3 rings (SSSR count). The van der Waals surface area contributed by atoms with Crippen LogP contribution in [0.5, 0.6) is 0 Å². The van der Waals surface area contributed by atoms with Crippen molar-refractivity contribution in [1.29, 1.82) is 0 Å². The molecule has 27 heavy (non-hydrogen) atoms. The zero-order valence-electron chi connectivity index (χ0n) is 15.7. The number of thioether (sulfide) groups is 1. The van der Waals surface area contributed by atoms with E-state index in [9.17, 15) is 9.59 Å². The number of nitrogens with zero attached hydrogens (tertiary/aromatic N) is 2. The van der Waals surface area contributed by atoms with Gasteiger partial charge in [0.2, 0.25) is 0 Å². The lowest BCUT2D eigenvalue weighted by Gasteiger charge is -2.12. The summed E-state index contributed by atoms with van der Waals surface area (Å²) >= 11 is 2.80. The lowest BCUT2D eigenvalue weighted by molar-refractivity contribution is 0.0531. The van der Waals surface area contributed by atoms with Crippen LogP contribution in [0.25, 0.3) is 15.9 Å². The van der Waals surface area contributed by atoms with E-state index in [-0.39, 0.29) is 5.56 Å². The van der Waals surface area contributed by atoms with Crippen LogP contribution in [-0.4, -0.2) is 27.9 Å². The molecular weight excluding hydrogens is 380 g/mol. The predicted molar refractivity (Wildman–Crippen MR) is 112 cm³/mol. The highest BCUT2D eigenvalue weighted by Gasteiger charge is 2.22. The Kier molecular flexibility index (Phi) is 6.34. The molecule has 142 valence electrons. The number of benzene rings is 1. The molecule has 0 aliphatic heterocycles. The topological polar surface area (TPSA) is 61.2 Å². The Labute approximate surface area is 166 Å². The van der Waals surface area contributed by atoms with Gasteiger partial charge in [-0.25, -0.2) is 9.78 Å². The average Bonchev–Trinajstić information content (AvgIpc) is 3.00. The molecule has 0 radical (unpaired) electrons. The number of carbonyl (C=O) groups is 1. The fourth-order valence-electron chi connectivity index (χ4n) is 2.77. The Balaban J connectivity index is 2.22. The second-order valence-corrected chi connectivity index (χ2v) is 8.09. The fraction of sp³-hybridized carbons (Fsp3) is 0.350. The summed E-state index contributed by atoms with van der Waals surface area (Å²) in [5, 5.41) is 1.15. The largest absolute Gasteiger partial charge is 0.462 e. The summed E-state index contributed by atoms with van der Waals surface area (Å²) in [6.45, 7) is 5.99. The van der Waals surface area contributed by atoms with Crippen LogP contribution >= 0.6 is 23.1 Å². The monoisotopic (exact) mass is 402 g/mol. The lowest BCUT2D eigenvalue weighted by atomic mass is 10.2. The zero-order chi connectivity index (χ0) is 19.4. The van der Waals surface area contributed by atoms with Gasteiger partial charge in [-0.15, -0.1) is 11.3 Å². The first-order valence-electron chi connectivity index (χ1n) is 9.00. The minimum absolute atomic E-state index is 0.144. The van der Waals surface area contributed by atoms with Crippen molar-refractivity contribution in [3.63, 3.8) is 0 Å². The van der Waals surface area contributed by atoms with Crippen molar-refractivity contribution in [3.8, 4) is 5.69 Å². The molecule has 0 saturated carbocycles. The van der Waals surface area contributed by atoms with Crippen molar-refractivity contribution in [3.05, 3.63) is 51.1 Å². The summed E-state index contributed by atoms with van der Waals surface area (Å²) in [5.41, 5.74) is 1.27. The number of aromatic nitrogens is 2. The van der Waals surface area contributed by atoms with Gasteiger partial charge in [0.05, 0.1) is 17.7 Å². The van der Waals surface area contributed by atoms with Gasteiger partial charge in [-0.05, 0) is 38.0 Å². The van der Waals surface area contributed by atoms with Gasteiger partial charge < -0.3 is 4.74 Å². The molecule has 0 N–H and O–H groups in total. The van der Waals surface area contributed by atoms with Gasteiger partial charge in [0, 0.05) is 5.75 Å². The maximum absolute atomic E-state index is 13.4. The van der Waals surface area contributed by atoms with Crippen molar-refractivity contribution >= 4 is 39.3 Å². The first-order valence-corrected chi connectivity index (χ1v) is 10.8. The molecule has 0 aliphatic carbocycles. The van der Waals surface area contributed by atoms with Crippen LogP contribution in [-0.2, 0) is 4.74 Å². The Hall–Kier alpha value is -2.12. The minimum atomic E-state index is -0.399. The molecule has 0 atom stereocenters. The number of ether oxygens (including phenoxy) is 1. The van der Waals surface area contributed by atoms with E-state index < -0.39 is 5.97 Å². The number of rotatable bonds is 7. The highest BCUT2D eigenvalue weighted by Crippen LogP contribution is 2.31. The van der Waals surface area contributed by atoms with Crippen LogP contribution in [0.1, 0.15) is 41.9 Å². The summed E-state index contributed by atoms with van der Waals surface area (Å²) in [4.78, 5) is 31.4. The Bertz CT molecular complexity index is 1010. The number of hydrogen-bond acceptors (Lipinski definition) is 6. The molecule has 3 aromatic rings. The maximum Gasteiger partial charge on any atom is 0.348 e. The number of esters is 1. The molecule has 0 unspecified atom stereocenters. The second kappa shape index (κ2) is 8.71. The fourth-order valence-corrected chi connectivity index (χ4v) is 4.98. The molecule has 0 aliphatic rings. The molecule has 0 bridgehead atoms. The maximum atomic E-state index is 13.4. The molecule has 0 spiro atoms. The number of unbranched alkanes of at least 4 members (excludes halogenated alkanes) is 1. The predicted octanol–water partition coefficient (Wildman–Crippen LogP) is 4.82. The Morgan fingerprint density at radius 3 is 2.67 bits per heavy atom. The Morgan fingerprint density at radius 2 is 2.00 bits per heavy atom. The molecule has 5 nitrogen and oxygen atoms in total. The van der Waals surface area contributed by atoms with Gasteiger partial charge in [-0.1, -0.05) is 43.3 Å². The number of fused-ring (bicyclic) bond motifs is 1.